The van der Waals surface area contributed by atoms with Crippen LogP contribution >= 0.6 is 0 Å². The highest BCUT2D eigenvalue weighted by Gasteiger charge is 2.02. The smallest absolute Gasteiger partial charge is 0.243 e. The van der Waals surface area contributed by atoms with Gasteiger partial charge < -0.3 is 15.4 Å². The molecule has 0 heterocycles. The molecule has 1 amide bonds. The van der Waals surface area contributed by atoms with Gasteiger partial charge in [-0.3, -0.25) is 4.79 Å². The Morgan fingerprint density at radius 2 is 1.76 bits per heavy atom. The molecule has 2 aromatic rings. The molecule has 0 fully saturated rings. The summed E-state index contributed by atoms with van der Waals surface area (Å²) in [5.41, 5.74) is 1.65. The van der Waals surface area contributed by atoms with Crippen LogP contribution in [0.2, 0.25) is 0 Å². The van der Waals surface area contributed by atoms with Crippen molar-refractivity contribution in [1.82, 2.24) is 0 Å². The second-order valence-electron chi connectivity index (χ2n) is 4.39. The topological polar surface area (TPSA) is 50.4 Å². The minimum Gasteiger partial charge on any atom is -0.490 e. The molecule has 0 atom stereocenters. The number of hydrogen-bond acceptors (Lipinski definition) is 3. The number of amides is 1. The number of anilines is 2. The molecule has 0 bridgehead atoms. The molecule has 0 aliphatic rings. The first-order chi connectivity index (χ1) is 10.3. The Balaban J connectivity index is 1.80. The van der Waals surface area contributed by atoms with Crippen molar-refractivity contribution in [3.63, 3.8) is 0 Å². The fourth-order valence-corrected chi connectivity index (χ4v) is 1.73. The molecule has 0 aliphatic heterocycles. The van der Waals surface area contributed by atoms with E-state index in [1.54, 1.807) is 18.2 Å². The van der Waals surface area contributed by atoms with Gasteiger partial charge in [0.2, 0.25) is 5.91 Å². The van der Waals surface area contributed by atoms with Gasteiger partial charge in [0.1, 0.15) is 12.4 Å². The fourth-order valence-electron chi connectivity index (χ4n) is 1.73. The lowest BCUT2D eigenvalue weighted by Crippen LogP contribution is -2.21. The van der Waals surface area contributed by atoms with Crippen molar-refractivity contribution in [3.8, 4) is 5.75 Å². The highest BCUT2D eigenvalue weighted by atomic mass is 16.5. The van der Waals surface area contributed by atoms with Gasteiger partial charge in [-0.1, -0.05) is 30.9 Å². The van der Waals surface area contributed by atoms with Gasteiger partial charge in [-0.05, 0) is 36.4 Å². The first-order valence-electron chi connectivity index (χ1n) is 6.70. The summed E-state index contributed by atoms with van der Waals surface area (Å²) in [6, 6.07) is 16.8. The van der Waals surface area contributed by atoms with Crippen LogP contribution in [0.4, 0.5) is 11.4 Å². The normalized spacial score (nSPS) is 9.71. The maximum absolute atomic E-state index is 11.8. The molecule has 0 aromatic heterocycles. The van der Waals surface area contributed by atoms with Gasteiger partial charge in [-0.2, -0.15) is 0 Å². The molecule has 4 heteroatoms. The molecule has 108 valence electrons. The Labute approximate surface area is 124 Å². The zero-order chi connectivity index (χ0) is 14.9. The maximum atomic E-state index is 11.8. The molecule has 2 rings (SSSR count). The second-order valence-corrected chi connectivity index (χ2v) is 4.39. The third-order valence-corrected chi connectivity index (χ3v) is 2.73. The number of ether oxygens (including phenoxy) is 1. The lowest BCUT2D eigenvalue weighted by atomic mass is 10.3. The molecule has 2 N–H and O–H groups in total. The molecule has 0 saturated heterocycles. The minimum atomic E-state index is -0.0985. The van der Waals surface area contributed by atoms with Gasteiger partial charge in [-0.25, -0.2) is 0 Å². The van der Waals surface area contributed by atoms with E-state index in [-0.39, 0.29) is 12.5 Å². The van der Waals surface area contributed by atoms with Crippen molar-refractivity contribution < 1.29 is 9.53 Å². The van der Waals surface area contributed by atoms with Gasteiger partial charge in [0.25, 0.3) is 0 Å². The Morgan fingerprint density at radius 1 is 1.05 bits per heavy atom. The number of carbonyl (C=O) groups excluding carboxylic acids is 1. The number of carbonyl (C=O) groups is 1. The second kappa shape index (κ2) is 7.75. The van der Waals surface area contributed by atoms with Gasteiger partial charge >= 0.3 is 0 Å². The lowest BCUT2D eigenvalue weighted by Gasteiger charge is -2.08. The highest BCUT2D eigenvalue weighted by molar-refractivity contribution is 5.93. The van der Waals surface area contributed by atoms with Crippen LogP contribution in [0.5, 0.6) is 5.75 Å². The van der Waals surface area contributed by atoms with Crippen LogP contribution in [-0.2, 0) is 4.79 Å². The molecule has 4 nitrogen and oxygen atoms in total. The van der Waals surface area contributed by atoms with Crippen LogP contribution in [0, 0.1) is 0 Å². The van der Waals surface area contributed by atoms with Crippen molar-refractivity contribution in [2.45, 2.75) is 0 Å². The first-order valence-corrected chi connectivity index (χ1v) is 6.70. The first kappa shape index (κ1) is 14.7. The Bertz CT molecular complexity index is 579. The fraction of sp³-hybridized carbons (Fsp3) is 0.118. The van der Waals surface area contributed by atoms with E-state index in [4.69, 9.17) is 4.74 Å². The molecular formula is C17H18N2O2. The van der Waals surface area contributed by atoms with Crippen LogP contribution in [0.1, 0.15) is 0 Å². The third kappa shape index (κ3) is 5.03. The van der Waals surface area contributed by atoms with Crippen LogP contribution in [0.25, 0.3) is 0 Å². The summed E-state index contributed by atoms with van der Waals surface area (Å²) in [5.74, 6) is 0.647. The summed E-state index contributed by atoms with van der Waals surface area (Å²) in [6.45, 7) is 4.28. The monoisotopic (exact) mass is 282 g/mol. The van der Waals surface area contributed by atoms with E-state index in [1.807, 2.05) is 42.5 Å². The van der Waals surface area contributed by atoms with Crippen molar-refractivity contribution in [3.05, 3.63) is 67.3 Å². The SMILES string of the molecule is C=CCOc1ccc(NC(=O)CNc2ccccc2)cc1. The van der Waals surface area contributed by atoms with E-state index in [0.29, 0.717) is 6.61 Å². The molecular weight excluding hydrogens is 264 g/mol. The van der Waals surface area contributed by atoms with Crippen molar-refractivity contribution in [2.24, 2.45) is 0 Å². The van der Waals surface area contributed by atoms with Crippen LogP contribution < -0.4 is 15.4 Å². The van der Waals surface area contributed by atoms with Crippen molar-refractivity contribution in [1.29, 1.82) is 0 Å². The summed E-state index contributed by atoms with van der Waals surface area (Å²) in [5, 5.41) is 5.87. The number of rotatable bonds is 7. The Morgan fingerprint density at radius 3 is 2.43 bits per heavy atom. The van der Waals surface area contributed by atoms with E-state index in [9.17, 15) is 4.79 Å². The van der Waals surface area contributed by atoms with Crippen molar-refractivity contribution >= 4 is 17.3 Å². The molecule has 0 saturated carbocycles. The zero-order valence-corrected chi connectivity index (χ0v) is 11.7. The summed E-state index contributed by atoms with van der Waals surface area (Å²) in [4.78, 5) is 11.8. The summed E-state index contributed by atoms with van der Waals surface area (Å²) < 4.78 is 5.38. The number of nitrogens with one attached hydrogen (secondary N) is 2. The van der Waals surface area contributed by atoms with Crippen molar-refractivity contribution in [2.75, 3.05) is 23.8 Å². The molecule has 0 radical (unpaired) electrons. The van der Waals surface area contributed by atoms with Crippen LogP contribution in [-0.4, -0.2) is 19.1 Å². The van der Waals surface area contributed by atoms with E-state index >= 15 is 0 Å². The average molecular weight is 282 g/mol. The quantitative estimate of drug-likeness (QED) is 0.766. The van der Waals surface area contributed by atoms with E-state index < -0.39 is 0 Å². The predicted molar refractivity (Wildman–Crippen MR) is 85.7 cm³/mol. The zero-order valence-electron chi connectivity index (χ0n) is 11.7. The van der Waals surface area contributed by atoms with Gasteiger partial charge in [0.15, 0.2) is 0 Å². The van der Waals surface area contributed by atoms with E-state index in [1.165, 1.54) is 0 Å². The number of hydrogen-bond donors (Lipinski definition) is 2. The maximum Gasteiger partial charge on any atom is 0.243 e. The molecule has 0 unspecified atom stereocenters. The van der Waals surface area contributed by atoms with Crippen LogP contribution in [0.3, 0.4) is 0 Å². The Kier molecular flexibility index (Phi) is 5.41. The largest absolute Gasteiger partial charge is 0.490 e. The molecule has 21 heavy (non-hydrogen) atoms. The third-order valence-electron chi connectivity index (χ3n) is 2.73. The lowest BCUT2D eigenvalue weighted by molar-refractivity contribution is -0.114. The van der Waals surface area contributed by atoms with Crippen LogP contribution in [0.15, 0.2) is 67.3 Å². The molecule has 2 aromatic carbocycles. The van der Waals surface area contributed by atoms with Gasteiger partial charge in [0.05, 0.1) is 6.54 Å². The standard InChI is InChI=1S/C17H18N2O2/c1-2-12-21-16-10-8-15(9-11-16)19-17(20)13-18-14-6-4-3-5-7-14/h2-11,18H,1,12-13H2,(H,19,20). The predicted octanol–water partition coefficient (Wildman–Crippen LogP) is 3.30. The van der Waals surface area contributed by atoms with E-state index in [0.717, 1.165) is 17.1 Å². The summed E-state index contributed by atoms with van der Waals surface area (Å²) in [7, 11) is 0. The highest BCUT2D eigenvalue weighted by Crippen LogP contribution is 2.15. The molecule has 0 spiro atoms. The van der Waals surface area contributed by atoms with E-state index in [2.05, 4.69) is 17.2 Å². The van der Waals surface area contributed by atoms with Gasteiger partial charge in [-0.15, -0.1) is 0 Å². The minimum absolute atomic E-state index is 0.0985. The number of benzene rings is 2. The molecule has 0 aliphatic carbocycles. The Hall–Kier alpha value is -2.75. The summed E-state index contributed by atoms with van der Waals surface area (Å²) >= 11 is 0. The number of para-hydroxylation sites is 1. The average Bonchev–Trinajstić information content (AvgIpc) is 2.53. The summed E-state index contributed by atoms with van der Waals surface area (Å²) in [6.07, 6.45) is 1.69. The van der Waals surface area contributed by atoms with Gasteiger partial charge in [0, 0.05) is 11.4 Å².